The number of aryl methyl sites for hydroxylation is 1. The molecule has 5 rings (SSSR count). The van der Waals surface area contributed by atoms with Crippen LogP contribution in [0.15, 0.2) is 18.2 Å². The number of aromatic nitrogens is 2. The number of benzene rings is 1. The molecule has 3 heterocycles. The van der Waals surface area contributed by atoms with Crippen LogP contribution in [0, 0.1) is 5.41 Å². The molecule has 2 aromatic rings. The zero-order valence-electron chi connectivity index (χ0n) is 20.9. The number of rotatable bonds is 3. The molecular formula is C26H34N4O5. The molecule has 188 valence electrons. The highest BCUT2D eigenvalue weighted by atomic mass is 16.6. The Hall–Kier alpha value is -3.10. The van der Waals surface area contributed by atoms with Crippen LogP contribution >= 0.6 is 0 Å². The molecule has 1 spiro atoms. The molecule has 1 aliphatic carbocycles. The zero-order chi connectivity index (χ0) is 25.0. The smallest absolute Gasteiger partial charge is 0.410 e. The lowest BCUT2D eigenvalue weighted by Gasteiger charge is -2.53. The summed E-state index contributed by atoms with van der Waals surface area (Å²) < 4.78 is 13.6. The van der Waals surface area contributed by atoms with E-state index in [1.54, 1.807) is 4.68 Å². The highest BCUT2D eigenvalue weighted by molar-refractivity contribution is 6.02. The quantitative estimate of drug-likeness (QED) is 0.670. The monoisotopic (exact) mass is 482 g/mol. The van der Waals surface area contributed by atoms with Crippen LogP contribution in [0.25, 0.3) is 10.9 Å². The molecule has 0 bridgehead atoms. The van der Waals surface area contributed by atoms with Gasteiger partial charge in [0, 0.05) is 43.4 Å². The molecule has 2 aliphatic heterocycles. The molecule has 1 saturated carbocycles. The van der Waals surface area contributed by atoms with Crippen molar-refractivity contribution in [2.24, 2.45) is 12.5 Å². The van der Waals surface area contributed by atoms with Crippen LogP contribution in [-0.2, 0) is 21.4 Å². The fourth-order valence-corrected chi connectivity index (χ4v) is 5.60. The second-order valence-electron chi connectivity index (χ2n) is 11.3. The minimum absolute atomic E-state index is 0.136. The Bertz CT molecular complexity index is 1160. The highest BCUT2D eigenvalue weighted by Crippen LogP contribution is 2.45. The van der Waals surface area contributed by atoms with Crippen molar-refractivity contribution in [3.8, 4) is 5.75 Å². The van der Waals surface area contributed by atoms with E-state index in [-0.39, 0.29) is 29.4 Å². The van der Waals surface area contributed by atoms with Gasteiger partial charge in [0.25, 0.3) is 0 Å². The SMILES string of the molecule is Cn1nc(C2CCC(=O)NC2=O)c2ccc(OC3CCC4(CC3)CN(C(=O)OC(C)(C)C)C4)cc21. The maximum atomic E-state index is 12.4. The van der Waals surface area contributed by atoms with Gasteiger partial charge in [-0.3, -0.25) is 19.6 Å². The van der Waals surface area contributed by atoms with Gasteiger partial charge in [-0.15, -0.1) is 0 Å². The third kappa shape index (κ3) is 4.73. The first-order chi connectivity index (χ1) is 16.5. The Morgan fingerprint density at radius 1 is 1.14 bits per heavy atom. The van der Waals surface area contributed by atoms with Gasteiger partial charge in [-0.1, -0.05) is 0 Å². The summed E-state index contributed by atoms with van der Waals surface area (Å²) in [7, 11) is 1.86. The molecule has 3 fully saturated rings. The van der Waals surface area contributed by atoms with Crippen molar-refractivity contribution in [2.75, 3.05) is 13.1 Å². The molecule has 1 unspecified atom stereocenters. The van der Waals surface area contributed by atoms with Gasteiger partial charge >= 0.3 is 6.09 Å². The maximum Gasteiger partial charge on any atom is 0.410 e. The van der Waals surface area contributed by atoms with Crippen molar-refractivity contribution >= 4 is 28.8 Å². The molecule has 2 saturated heterocycles. The summed E-state index contributed by atoms with van der Waals surface area (Å²) in [5.41, 5.74) is 1.34. The van der Waals surface area contributed by atoms with E-state index in [0.717, 1.165) is 55.4 Å². The van der Waals surface area contributed by atoms with E-state index in [1.165, 1.54) is 0 Å². The van der Waals surface area contributed by atoms with Crippen molar-refractivity contribution < 1.29 is 23.9 Å². The minimum Gasteiger partial charge on any atom is -0.490 e. The Labute approximate surface area is 205 Å². The highest BCUT2D eigenvalue weighted by Gasteiger charge is 2.48. The number of imide groups is 1. The Morgan fingerprint density at radius 3 is 2.51 bits per heavy atom. The van der Waals surface area contributed by atoms with E-state index < -0.39 is 11.5 Å². The van der Waals surface area contributed by atoms with Crippen molar-refractivity contribution in [1.29, 1.82) is 0 Å². The average molecular weight is 483 g/mol. The summed E-state index contributed by atoms with van der Waals surface area (Å²) in [5, 5.41) is 7.94. The summed E-state index contributed by atoms with van der Waals surface area (Å²) in [6, 6.07) is 5.89. The second-order valence-corrected chi connectivity index (χ2v) is 11.3. The van der Waals surface area contributed by atoms with Crippen molar-refractivity contribution in [1.82, 2.24) is 20.0 Å². The number of likely N-dealkylation sites (tertiary alicyclic amines) is 1. The van der Waals surface area contributed by atoms with Crippen LogP contribution < -0.4 is 10.1 Å². The maximum absolute atomic E-state index is 12.4. The van der Waals surface area contributed by atoms with Crippen LogP contribution in [0.3, 0.4) is 0 Å². The average Bonchev–Trinajstić information content (AvgIpc) is 3.07. The summed E-state index contributed by atoms with van der Waals surface area (Å²) >= 11 is 0. The number of nitrogens with zero attached hydrogens (tertiary/aromatic N) is 3. The van der Waals surface area contributed by atoms with Crippen molar-refractivity contribution in [2.45, 2.75) is 76.9 Å². The molecule has 3 amide bonds. The second kappa shape index (κ2) is 8.53. The summed E-state index contributed by atoms with van der Waals surface area (Å²) in [4.78, 5) is 38.0. The standard InChI is InChI=1S/C26H34N4O5/c1-25(2,3)35-24(33)30-14-26(15-30)11-9-16(10-12-26)34-17-5-6-18-20(13-17)29(4)28-22(18)19-7-8-21(31)27-23(19)32/h5-6,13,16,19H,7-12,14-15H2,1-4H3,(H,27,31,32). The van der Waals surface area contributed by atoms with Gasteiger partial charge in [0.15, 0.2) is 0 Å². The van der Waals surface area contributed by atoms with Crippen LogP contribution in [0.4, 0.5) is 4.79 Å². The lowest BCUT2D eigenvalue weighted by atomic mass is 9.68. The van der Waals surface area contributed by atoms with Gasteiger partial charge in [-0.2, -0.15) is 5.10 Å². The van der Waals surface area contributed by atoms with E-state index >= 15 is 0 Å². The summed E-state index contributed by atoms with van der Waals surface area (Å²) in [6.07, 6.45) is 4.69. The van der Waals surface area contributed by atoms with Crippen molar-refractivity contribution in [3.05, 3.63) is 23.9 Å². The molecule has 9 nitrogen and oxygen atoms in total. The third-order valence-electron chi connectivity index (χ3n) is 7.42. The number of carbonyl (C=O) groups is 3. The van der Waals surface area contributed by atoms with E-state index in [0.29, 0.717) is 18.5 Å². The first-order valence-electron chi connectivity index (χ1n) is 12.5. The fourth-order valence-electron chi connectivity index (χ4n) is 5.60. The molecule has 1 aromatic heterocycles. The predicted octanol–water partition coefficient (Wildman–Crippen LogP) is 3.65. The first-order valence-corrected chi connectivity index (χ1v) is 12.5. The first kappa shape index (κ1) is 23.6. The van der Waals surface area contributed by atoms with E-state index in [2.05, 4.69) is 10.4 Å². The molecule has 1 aromatic carbocycles. The molecule has 35 heavy (non-hydrogen) atoms. The predicted molar refractivity (Wildman–Crippen MR) is 129 cm³/mol. The number of hydrogen-bond acceptors (Lipinski definition) is 6. The van der Waals surface area contributed by atoms with Gasteiger partial charge in [0.1, 0.15) is 11.4 Å². The van der Waals surface area contributed by atoms with E-state index in [1.807, 2.05) is 50.9 Å². The van der Waals surface area contributed by atoms with E-state index in [9.17, 15) is 14.4 Å². The van der Waals surface area contributed by atoms with Gasteiger partial charge < -0.3 is 14.4 Å². The number of nitrogens with one attached hydrogen (secondary N) is 1. The number of hydrogen-bond donors (Lipinski definition) is 1. The number of carbonyl (C=O) groups excluding carboxylic acids is 3. The number of ether oxygens (including phenoxy) is 2. The number of piperidine rings is 1. The van der Waals surface area contributed by atoms with Gasteiger partial charge in [-0.05, 0) is 65.0 Å². The summed E-state index contributed by atoms with van der Waals surface area (Å²) in [5.74, 6) is -0.129. The molecular weight excluding hydrogens is 448 g/mol. The van der Waals surface area contributed by atoms with Crippen LogP contribution in [-0.4, -0.2) is 57.4 Å². The van der Waals surface area contributed by atoms with Gasteiger partial charge in [0.2, 0.25) is 11.8 Å². The number of amides is 3. The molecule has 0 radical (unpaired) electrons. The largest absolute Gasteiger partial charge is 0.490 e. The van der Waals surface area contributed by atoms with Gasteiger partial charge in [-0.25, -0.2) is 4.79 Å². The fraction of sp³-hybridized carbons (Fsp3) is 0.615. The van der Waals surface area contributed by atoms with Gasteiger partial charge in [0.05, 0.1) is 23.2 Å². The summed E-state index contributed by atoms with van der Waals surface area (Å²) in [6.45, 7) is 7.20. The van der Waals surface area contributed by atoms with Crippen LogP contribution in [0.1, 0.15) is 70.9 Å². The minimum atomic E-state index is -0.469. The topological polar surface area (TPSA) is 103 Å². The lowest BCUT2D eigenvalue weighted by molar-refractivity contribution is -0.134. The number of fused-ring (bicyclic) bond motifs is 1. The molecule has 1 N–H and O–H groups in total. The lowest BCUT2D eigenvalue weighted by Crippen LogP contribution is -2.60. The third-order valence-corrected chi connectivity index (χ3v) is 7.42. The van der Waals surface area contributed by atoms with Crippen LogP contribution in [0.2, 0.25) is 0 Å². The Kier molecular flexibility index (Phi) is 5.76. The van der Waals surface area contributed by atoms with E-state index in [4.69, 9.17) is 9.47 Å². The van der Waals surface area contributed by atoms with Crippen molar-refractivity contribution in [3.63, 3.8) is 0 Å². The zero-order valence-corrected chi connectivity index (χ0v) is 20.9. The van der Waals surface area contributed by atoms with Crippen LogP contribution in [0.5, 0.6) is 5.75 Å². The Balaban J connectivity index is 1.19. The molecule has 3 aliphatic rings. The Morgan fingerprint density at radius 2 is 1.86 bits per heavy atom. The molecule has 9 heteroatoms. The molecule has 1 atom stereocenters. The normalized spacial score (nSPS) is 22.7.